The Hall–Kier alpha value is -2.34. The Morgan fingerprint density at radius 1 is 1.10 bits per heavy atom. The molecule has 1 aliphatic rings. The number of carbonyl (C=O) groups is 1. The number of rotatable bonds is 4. The number of amides is 1. The van der Waals surface area contributed by atoms with Crippen molar-refractivity contribution >= 4 is 16.9 Å². The smallest absolute Gasteiger partial charge is 0.339 e. The average Bonchev–Trinajstić information content (AvgIpc) is 2.57. The molecule has 0 atom stereocenters. The quantitative estimate of drug-likeness (QED) is 0.771. The first-order valence-electron chi connectivity index (χ1n) is 10.2. The van der Waals surface area contributed by atoms with Gasteiger partial charge < -0.3 is 19.8 Å². The molecule has 0 bridgehead atoms. The van der Waals surface area contributed by atoms with Crippen molar-refractivity contribution in [2.45, 2.75) is 78.4 Å². The van der Waals surface area contributed by atoms with E-state index in [0.717, 1.165) is 29.4 Å². The summed E-state index contributed by atoms with van der Waals surface area (Å²) >= 11 is 0. The zero-order chi connectivity index (χ0) is 21.6. The maximum Gasteiger partial charge on any atom is 0.339 e. The van der Waals surface area contributed by atoms with Crippen LogP contribution in [0.3, 0.4) is 0 Å². The Labute approximate surface area is 172 Å². The number of quaternary nitrogens is 1. The first-order chi connectivity index (χ1) is 13.4. The summed E-state index contributed by atoms with van der Waals surface area (Å²) in [5.41, 5.74) is 2.59. The van der Waals surface area contributed by atoms with Crippen LogP contribution in [-0.2, 0) is 4.79 Å². The van der Waals surface area contributed by atoms with Crippen molar-refractivity contribution in [2.75, 3.05) is 6.61 Å². The van der Waals surface area contributed by atoms with Gasteiger partial charge in [-0.3, -0.25) is 4.79 Å². The summed E-state index contributed by atoms with van der Waals surface area (Å²) in [6, 6.07) is 3.84. The fourth-order valence-corrected chi connectivity index (χ4v) is 4.81. The normalized spacial score (nSPS) is 18.6. The van der Waals surface area contributed by atoms with Gasteiger partial charge in [-0.05, 0) is 66.2 Å². The first kappa shape index (κ1) is 21.4. The lowest BCUT2D eigenvalue weighted by atomic mass is 9.79. The Kier molecular flexibility index (Phi) is 5.52. The number of carbonyl (C=O) groups excluding carboxylic acids is 1. The third-order valence-electron chi connectivity index (χ3n) is 5.87. The highest BCUT2D eigenvalue weighted by Crippen LogP contribution is 2.29. The summed E-state index contributed by atoms with van der Waals surface area (Å²) in [4.78, 5) is 24.6. The zero-order valence-electron chi connectivity index (χ0n) is 18.6. The minimum absolute atomic E-state index is 0.0670. The molecule has 1 aliphatic heterocycles. The molecule has 1 aromatic carbocycles. The van der Waals surface area contributed by atoms with E-state index in [9.17, 15) is 9.59 Å². The van der Waals surface area contributed by atoms with Crippen molar-refractivity contribution < 1.29 is 19.3 Å². The Morgan fingerprint density at radius 2 is 1.72 bits per heavy atom. The molecule has 0 saturated carbocycles. The van der Waals surface area contributed by atoms with Gasteiger partial charge in [-0.1, -0.05) is 0 Å². The molecule has 0 aliphatic carbocycles. The second kappa shape index (κ2) is 7.48. The van der Waals surface area contributed by atoms with Crippen LogP contribution in [0, 0.1) is 20.8 Å². The molecule has 3 rings (SSSR count). The van der Waals surface area contributed by atoms with Crippen LogP contribution in [-0.4, -0.2) is 29.6 Å². The van der Waals surface area contributed by atoms with Gasteiger partial charge in [0, 0.05) is 35.4 Å². The van der Waals surface area contributed by atoms with Crippen LogP contribution >= 0.6 is 0 Å². The lowest BCUT2D eigenvalue weighted by Gasteiger charge is -2.43. The largest absolute Gasteiger partial charge is 0.483 e. The molecule has 0 spiro atoms. The van der Waals surface area contributed by atoms with Crippen LogP contribution in [0.2, 0.25) is 0 Å². The third kappa shape index (κ3) is 4.64. The Bertz CT molecular complexity index is 988. The molecular formula is C23H33N2O4+. The van der Waals surface area contributed by atoms with Gasteiger partial charge in [0.2, 0.25) is 0 Å². The topological polar surface area (TPSA) is 85.2 Å². The number of aryl methyl sites for hydroxylation is 2. The molecule has 0 radical (unpaired) electrons. The van der Waals surface area contributed by atoms with E-state index in [4.69, 9.17) is 9.15 Å². The predicted octanol–water partition coefficient (Wildman–Crippen LogP) is 2.50. The molecule has 3 N–H and O–H groups in total. The third-order valence-corrected chi connectivity index (χ3v) is 5.87. The van der Waals surface area contributed by atoms with Crippen molar-refractivity contribution in [1.29, 1.82) is 0 Å². The van der Waals surface area contributed by atoms with E-state index in [2.05, 4.69) is 38.3 Å². The van der Waals surface area contributed by atoms with E-state index in [1.807, 2.05) is 26.0 Å². The second-order valence-corrected chi connectivity index (χ2v) is 9.79. The summed E-state index contributed by atoms with van der Waals surface area (Å²) in [7, 11) is 0. The number of benzene rings is 1. The van der Waals surface area contributed by atoms with Gasteiger partial charge in [0.1, 0.15) is 11.3 Å². The molecule has 6 nitrogen and oxygen atoms in total. The summed E-state index contributed by atoms with van der Waals surface area (Å²) < 4.78 is 11.3. The van der Waals surface area contributed by atoms with E-state index >= 15 is 0 Å². The highest BCUT2D eigenvalue weighted by atomic mass is 16.5. The van der Waals surface area contributed by atoms with E-state index in [1.54, 1.807) is 6.92 Å². The van der Waals surface area contributed by atoms with Gasteiger partial charge >= 0.3 is 5.63 Å². The lowest BCUT2D eigenvalue weighted by molar-refractivity contribution is -0.787. The molecule has 2 aromatic rings. The number of nitrogens with one attached hydrogen (secondary N) is 1. The van der Waals surface area contributed by atoms with Crippen LogP contribution in [0.1, 0.15) is 57.2 Å². The van der Waals surface area contributed by atoms with Crippen LogP contribution in [0.15, 0.2) is 21.3 Å². The van der Waals surface area contributed by atoms with Crippen molar-refractivity contribution in [3.05, 3.63) is 39.2 Å². The van der Waals surface area contributed by atoms with Crippen molar-refractivity contribution in [3.63, 3.8) is 0 Å². The molecule has 1 aromatic heterocycles. The molecule has 158 valence electrons. The van der Waals surface area contributed by atoms with Gasteiger partial charge in [-0.2, -0.15) is 0 Å². The summed E-state index contributed by atoms with van der Waals surface area (Å²) in [5, 5.41) is 6.40. The lowest BCUT2D eigenvalue weighted by Crippen LogP contribution is -3.06. The van der Waals surface area contributed by atoms with Gasteiger partial charge in [0.25, 0.3) is 5.91 Å². The van der Waals surface area contributed by atoms with Crippen molar-refractivity contribution in [3.8, 4) is 5.75 Å². The standard InChI is InChI=1S/C23H32N2O4/c1-13-14(2)21(27)29-20-15(3)18(9-8-17(13)20)28-12-19(26)24-16-10-22(4,5)25-23(6,7)11-16/h8-9,16,25H,10-12H2,1-7H3,(H,24,26)/p+1. The molecule has 6 heteroatoms. The van der Waals surface area contributed by atoms with Crippen LogP contribution in [0.25, 0.3) is 11.0 Å². The highest BCUT2D eigenvalue weighted by molar-refractivity contribution is 5.85. The summed E-state index contributed by atoms with van der Waals surface area (Å²) in [6.07, 6.45) is 1.84. The second-order valence-electron chi connectivity index (χ2n) is 9.79. The molecular weight excluding hydrogens is 368 g/mol. The molecule has 0 unspecified atom stereocenters. The summed E-state index contributed by atoms with van der Waals surface area (Å²) in [5.74, 6) is 0.418. The first-order valence-corrected chi connectivity index (χ1v) is 10.2. The van der Waals surface area contributed by atoms with Gasteiger partial charge in [-0.15, -0.1) is 0 Å². The number of fused-ring (bicyclic) bond motifs is 1. The van der Waals surface area contributed by atoms with Crippen LogP contribution in [0.5, 0.6) is 5.75 Å². The van der Waals surface area contributed by atoms with Crippen LogP contribution < -0.4 is 21.0 Å². The fourth-order valence-electron chi connectivity index (χ4n) is 4.81. The molecule has 1 saturated heterocycles. The monoisotopic (exact) mass is 401 g/mol. The number of hydrogen-bond acceptors (Lipinski definition) is 4. The van der Waals surface area contributed by atoms with Crippen LogP contribution in [0.4, 0.5) is 0 Å². The molecule has 1 fully saturated rings. The van der Waals surface area contributed by atoms with Gasteiger partial charge in [0.05, 0.1) is 11.1 Å². The maximum absolute atomic E-state index is 12.5. The molecule has 29 heavy (non-hydrogen) atoms. The van der Waals surface area contributed by atoms with E-state index < -0.39 is 0 Å². The summed E-state index contributed by atoms with van der Waals surface area (Å²) in [6.45, 7) is 14.3. The Morgan fingerprint density at radius 3 is 2.34 bits per heavy atom. The number of hydrogen-bond donors (Lipinski definition) is 2. The fraction of sp³-hybridized carbons (Fsp3) is 0.565. The van der Waals surface area contributed by atoms with Gasteiger partial charge in [0.15, 0.2) is 6.61 Å². The van der Waals surface area contributed by atoms with Crippen molar-refractivity contribution in [1.82, 2.24) is 5.32 Å². The maximum atomic E-state index is 12.5. The zero-order valence-corrected chi connectivity index (χ0v) is 18.6. The number of nitrogens with two attached hydrogens (primary N) is 1. The Balaban J connectivity index is 1.71. The minimum atomic E-state index is -0.340. The average molecular weight is 402 g/mol. The molecule has 1 amide bonds. The SMILES string of the molecule is Cc1c(C)c2ccc(OCC(=O)NC3CC(C)(C)[NH2+]C(C)(C)C3)c(C)c2oc1=O. The van der Waals surface area contributed by atoms with E-state index in [-0.39, 0.29) is 35.3 Å². The van der Waals surface area contributed by atoms with E-state index in [0.29, 0.717) is 16.9 Å². The van der Waals surface area contributed by atoms with Gasteiger partial charge in [-0.25, -0.2) is 4.79 Å². The number of piperidine rings is 1. The molecule has 2 heterocycles. The minimum Gasteiger partial charge on any atom is -0.483 e. The van der Waals surface area contributed by atoms with E-state index in [1.165, 1.54) is 0 Å². The highest BCUT2D eigenvalue weighted by Gasteiger charge is 2.42. The number of ether oxygens (including phenoxy) is 1. The predicted molar refractivity (Wildman–Crippen MR) is 113 cm³/mol. The van der Waals surface area contributed by atoms with Crippen molar-refractivity contribution in [2.24, 2.45) is 0 Å².